The topological polar surface area (TPSA) is 41.5 Å². The minimum Gasteiger partial charge on any atom is -0.508 e. The highest BCUT2D eigenvalue weighted by Crippen LogP contribution is 2.22. The molecule has 1 unspecified atom stereocenters. The lowest BCUT2D eigenvalue weighted by Crippen LogP contribution is -2.18. The van der Waals surface area contributed by atoms with Crippen LogP contribution in [-0.2, 0) is 6.42 Å². The first-order chi connectivity index (χ1) is 9.58. The third kappa shape index (κ3) is 3.63. The third-order valence-electron chi connectivity index (χ3n) is 3.05. The Kier molecular flexibility index (Phi) is 4.45. The fraction of sp³-hybridized carbons (Fsp3) is 0.250. The highest BCUT2D eigenvalue weighted by atomic mass is 19.1. The predicted molar refractivity (Wildman–Crippen MR) is 77.8 cm³/mol. The molecule has 3 nitrogen and oxygen atoms in total. The van der Waals surface area contributed by atoms with Crippen molar-refractivity contribution < 1.29 is 14.2 Å². The lowest BCUT2D eigenvalue weighted by atomic mass is 10.1. The SMILES string of the molecule is COc1ccc(F)c(NC(C)Cc2ccc(O)cc2)c1. The van der Waals surface area contributed by atoms with Crippen LogP contribution in [-0.4, -0.2) is 18.3 Å². The number of halogens is 1. The quantitative estimate of drug-likeness (QED) is 0.876. The number of rotatable bonds is 5. The predicted octanol–water partition coefficient (Wildman–Crippen LogP) is 3.58. The number of phenols is 1. The zero-order valence-corrected chi connectivity index (χ0v) is 11.6. The summed E-state index contributed by atoms with van der Waals surface area (Å²) in [6.07, 6.45) is 0.733. The van der Waals surface area contributed by atoms with Gasteiger partial charge in [-0.1, -0.05) is 12.1 Å². The highest BCUT2D eigenvalue weighted by molar-refractivity contribution is 5.50. The summed E-state index contributed by atoms with van der Waals surface area (Å²) >= 11 is 0. The number of nitrogens with one attached hydrogen (secondary N) is 1. The lowest BCUT2D eigenvalue weighted by molar-refractivity contribution is 0.414. The Morgan fingerprint density at radius 1 is 1.20 bits per heavy atom. The van der Waals surface area contributed by atoms with Gasteiger partial charge in [-0.15, -0.1) is 0 Å². The number of benzene rings is 2. The van der Waals surface area contributed by atoms with Gasteiger partial charge in [0.2, 0.25) is 0 Å². The highest BCUT2D eigenvalue weighted by Gasteiger charge is 2.08. The zero-order chi connectivity index (χ0) is 14.5. The first-order valence-corrected chi connectivity index (χ1v) is 6.46. The van der Waals surface area contributed by atoms with Crippen LogP contribution in [0.2, 0.25) is 0 Å². The van der Waals surface area contributed by atoms with Gasteiger partial charge >= 0.3 is 0 Å². The van der Waals surface area contributed by atoms with Gasteiger partial charge in [0.15, 0.2) is 0 Å². The molecule has 0 aliphatic carbocycles. The number of phenolic OH excluding ortho intramolecular Hbond substituents is 1. The fourth-order valence-electron chi connectivity index (χ4n) is 2.04. The molecule has 2 aromatic rings. The van der Waals surface area contributed by atoms with Crippen LogP contribution in [0.4, 0.5) is 10.1 Å². The van der Waals surface area contributed by atoms with Crippen LogP contribution < -0.4 is 10.1 Å². The number of anilines is 1. The summed E-state index contributed by atoms with van der Waals surface area (Å²) in [7, 11) is 1.55. The van der Waals surface area contributed by atoms with Gasteiger partial charge in [0.1, 0.15) is 17.3 Å². The van der Waals surface area contributed by atoms with Crippen LogP contribution in [0.3, 0.4) is 0 Å². The minimum absolute atomic E-state index is 0.0566. The molecule has 0 bridgehead atoms. The molecule has 0 amide bonds. The molecule has 0 saturated carbocycles. The van der Waals surface area contributed by atoms with Gasteiger partial charge in [-0.05, 0) is 43.2 Å². The second-order valence-electron chi connectivity index (χ2n) is 4.76. The van der Waals surface area contributed by atoms with Crippen LogP contribution in [0.1, 0.15) is 12.5 Å². The van der Waals surface area contributed by atoms with Crippen LogP contribution in [0.15, 0.2) is 42.5 Å². The summed E-state index contributed by atoms with van der Waals surface area (Å²) in [6, 6.07) is 11.7. The maximum Gasteiger partial charge on any atom is 0.146 e. The monoisotopic (exact) mass is 275 g/mol. The maximum atomic E-state index is 13.7. The Labute approximate surface area is 118 Å². The van der Waals surface area contributed by atoms with E-state index in [4.69, 9.17) is 4.74 Å². The van der Waals surface area contributed by atoms with E-state index < -0.39 is 0 Å². The van der Waals surface area contributed by atoms with Crippen LogP contribution >= 0.6 is 0 Å². The van der Waals surface area contributed by atoms with Crippen molar-refractivity contribution in [3.63, 3.8) is 0 Å². The Balaban J connectivity index is 2.04. The molecule has 0 aliphatic heterocycles. The van der Waals surface area contributed by atoms with Gasteiger partial charge in [-0.2, -0.15) is 0 Å². The van der Waals surface area contributed by atoms with E-state index in [1.807, 2.05) is 19.1 Å². The fourth-order valence-corrected chi connectivity index (χ4v) is 2.04. The van der Waals surface area contributed by atoms with Gasteiger partial charge in [0.05, 0.1) is 12.8 Å². The third-order valence-corrected chi connectivity index (χ3v) is 3.05. The van der Waals surface area contributed by atoms with E-state index in [1.165, 1.54) is 6.07 Å². The molecule has 1 atom stereocenters. The van der Waals surface area contributed by atoms with Crippen molar-refractivity contribution in [3.05, 3.63) is 53.8 Å². The van der Waals surface area contributed by atoms with Crippen molar-refractivity contribution in [2.75, 3.05) is 12.4 Å². The molecule has 2 N–H and O–H groups in total. The Morgan fingerprint density at radius 2 is 1.90 bits per heavy atom. The Bertz CT molecular complexity index is 569. The van der Waals surface area contributed by atoms with Crippen LogP contribution in [0, 0.1) is 5.82 Å². The molecule has 0 aliphatic rings. The number of ether oxygens (including phenoxy) is 1. The van der Waals surface area contributed by atoms with E-state index in [1.54, 1.807) is 31.4 Å². The Morgan fingerprint density at radius 3 is 2.55 bits per heavy atom. The molecule has 2 rings (SSSR count). The molecule has 4 heteroatoms. The molecule has 0 spiro atoms. The summed E-state index contributed by atoms with van der Waals surface area (Å²) < 4.78 is 18.8. The second-order valence-corrected chi connectivity index (χ2v) is 4.76. The van der Waals surface area contributed by atoms with E-state index in [-0.39, 0.29) is 17.6 Å². The molecular weight excluding hydrogens is 257 g/mol. The minimum atomic E-state index is -0.302. The normalized spacial score (nSPS) is 11.9. The smallest absolute Gasteiger partial charge is 0.146 e. The Hall–Kier alpha value is -2.23. The van der Waals surface area contributed by atoms with Crippen LogP contribution in [0.5, 0.6) is 11.5 Å². The van der Waals surface area contributed by atoms with E-state index in [0.29, 0.717) is 11.4 Å². The number of hydrogen-bond acceptors (Lipinski definition) is 3. The number of methoxy groups -OCH3 is 1. The largest absolute Gasteiger partial charge is 0.508 e. The van der Waals surface area contributed by atoms with Gasteiger partial charge in [0.25, 0.3) is 0 Å². The first-order valence-electron chi connectivity index (χ1n) is 6.46. The van der Waals surface area contributed by atoms with E-state index in [9.17, 15) is 9.50 Å². The number of aromatic hydroxyl groups is 1. The van der Waals surface area contributed by atoms with Gasteiger partial charge in [-0.25, -0.2) is 4.39 Å². The molecule has 0 aromatic heterocycles. The summed E-state index contributed by atoms with van der Waals surface area (Å²) in [5, 5.41) is 12.4. The standard InChI is InChI=1S/C16H18FNO2/c1-11(9-12-3-5-13(19)6-4-12)18-16-10-14(20-2)7-8-15(16)17/h3-8,10-11,18-19H,9H2,1-2H3. The summed E-state index contributed by atoms with van der Waals surface area (Å²) in [5.41, 5.74) is 1.50. The van der Waals surface area contributed by atoms with Crippen LogP contribution in [0.25, 0.3) is 0 Å². The number of hydrogen-bond donors (Lipinski definition) is 2. The van der Waals surface area contributed by atoms with Crippen molar-refractivity contribution in [2.45, 2.75) is 19.4 Å². The summed E-state index contributed by atoms with van der Waals surface area (Å²) in [4.78, 5) is 0. The lowest BCUT2D eigenvalue weighted by Gasteiger charge is -2.16. The first kappa shape index (κ1) is 14.2. The molecular formula is C16H18FNO2. The van der Waals surface area contributed by atoms with Crippen molar-refractivity contribution in [3.8, 4) is 11.5 Å². The molecule has 0 radical (unpaired) electrons. The molecule has 0 fully saturated rings. The van der Waals surface area contributed by atoms with Crippen molar-refractivity contribution in [1.29, 1.82) is 0 Å². The molecule has 2 aromatic carbocycles. The van der Waals surface area contributed by atoms with E-state index in [0.717, 1.165) is 12.0 Å². The average molecular weight is 275 g/mol. The molecule has 0 heterocycles. The van der Waals surface area contributed by atoms with Gasteiger partial charge in [-0.3, -0.25) is 0 Å². The summed E-state index contributed by atoms with van der Waals surface area (Å²) in [6.45, 7) is 1.98. The average Bonchev–Trinajstić information content (AvgIpc) is 2.44. The maximum absolute atomic E-state index is 13.7. The molecule has 20 heavy (non-hydrogen) atoms. The van der Waals surface area contributed by atoms with E-state index >= 15 is 0 Å². The molecule has 0 saturated heterocycles. The van der Waals surface area contributed by atoms with Crippen molar-refractivity contribution in [1.82, 2.24) is 0 Å². The van der Waals surface area contributed by atoms with Gasteiger partial charge < -0.3 is 15.2 Å². The van der Waals surface area contributed by atoms with Crippen molar-refractivity contribution in [2.24, 2.45) is 0 Å². The van der Waals surface area contributed by atoms with Crippen molar-refractivity contribution >= 4 is 5.69 Å². The zero-order valence-electron chi connectivity index (χ0n) is 11.6. The summed E-state index contributed by atoms with van der Waals surface area (Å²) in [5.74, 6) is 0.558. The molecule has 106 valence electrons. The van der Waals surface area contributed by atoms with Gasteiger partial charge in [0, 0.05) is 12.1 Å². The van der Waals surface area contributed by atoms with E-state index in [2.05, 4.69) is 5.32 Å². The second kappa shape index (κ2) is 6.28.